The lowest BCUT2D eigenvalue weighted by molar-refractivity contribution is 1.17. The molecular weight excluding hydrogens is 360 g/mol. The number of nitrogens with zero attached hydrogens (tertiary/aromatic N) is 2. The Hall–Kier alpha value is -0.590. The fourth-order valence-electron chi connectivity index (χ4n) is 1.13. The van der Waals surface area contributed by atoms with Crippen LogP contribution in [-0.2, 0) is 0 Å². The zero-order valence-corrected chi connectivity index (χ0v) is 11.6. The molecular formula is C10H6Cl2IN3. The van der Waals surface area contributed by atoms with Crippen molar-refractivity contribution in [3.8, 4) is 0 Å². The lowest BCUT2D eigenvalue weighted by atomic mass is 10.3. The molecule has 0 saturated heterocycles. The van der Waals surface area contributed by atoms with Gasteiger partial charge in [0.25, 0.3) is 0 Å². The summed E-state index contributed by atoms with van der Waals surface area (Å²) in [6.45, 7) is 0. The fraction of sp³-hybridized carbons (Fsp3) is 0. The minimum Gasteiger partial charge on any atom is -0.339 e. The summed E-state index contributed by atoms with van der Waals surface area (Å²) < 4.78 is 1.01. The van der Waals surface area contributed by atoms with Gasteiger partial charge in [0.15, 0.2) is 0 Å². The number of hydrogen-bond acceptors (Lipinski definition) is 3. The summed E-state index contributed by atoms with van der Waals surface area (Å²) in [5, 5.41) is 4.25. The second-order valence-electron chi connectivity index (χ2n) is 2.98. The van der Waals surface area contributed by atoms with Gasteiger partial charge in [0, 0.05) is 14.7 Å². The van der Waals surface area contributed by atoms with Gasteiger partial charge in [-0.3, -0.25) is 0 Å². The maximum atomic E-state index is 5.87. The highest BCUT2D eigenvalue weighted by Gasteiger charge is 2.02. The molecule has 0 aliphatic heterocycles. The molecule has 6 heteroatoms. The largest absolute Gasteiger partial charge is 0.339 e. The molecule has 0 atom stereocenters. The lowest BCUT2D eigenvalue weighted by Gasteiger charge is -2.07. The summed E-state index contributed by atoms with van der Waals surface area (Å²) in [6.07, 6.45) is 1.41. The van der Waals surface area contributed by atoms with E-state index in [0.29, 0.717) is 16.0 Å². The molecule has 1 N–H and O–H groups in total. The van der Waals surface area contributed by atoms with E-state index in [1.165, 1.54) is 6.33 Å². The van der Waals surface area contributed by atoms with Crippen molar-refractivity contribution >= 4 is 57.3 Å². The molecule has 2 rings (SSSR count). The van der Waals surface area contributed by atoms with Crippen LogP contribution in [0.1, 0.15) is 0 Å². The summed E-state index contributed by atoms with van der Waals surface area (Å²) in [6, 6.07) is 7.23. The quantitative estimate of drug-likeness (QED) is 0.642. The molecule has 0 saturated carbocycles. The van der Waals surface area contributed by atoms with E-state index < -0.39 is 0 Å². The van der Waals surface area contributed by atoms with Gasteiger partial charge < -0.3 is 5.32 Å². The van der Waals surface area contributed by atoms with Crippen molar-refractivity contribution in [3.63, 3.8) is 0 Å². The Kier molecular flexibility index (Phi) is 3.83. The standard InChI is InChI=1S/C10H6Cl2IN3/c11-6-1-2-8(7(13)3-6)16-10-4-9(12)14-5-15-10/h1-5H,(H,14,15,16). The molecule has 1 aromatic carbocycles. The number of nitrogens with one attached hydrogen (secondary N) is 1. The number of aromatic nitrogens is 2. The van der Waals surface area contributed by atoms with Gasteiger partial charge in [-0.05, 0) is 40.8 Å². The third-order valence-electron chi connectivity index (χ3n) is 1.83. The number of benzene rings is 1. The minimum atomic E-state index is 0.404. The van der Waals surface area contributed by atoms with Gasteiger partial charge in [0.2, 0.25) is 0 Å². The molecule has 2 aromatic rings. The van der Waals surface area contributed by atoms with Crippen LogP contribution in [0, 0.1) is 3.57 Å². The zero-order chi connectivity index (χ0) is 11.5. The number of halogens is 3. The van der Waals surface area contributed by atoms with E-state index in [1.54, 1.807) is 6.07 Å². The summed E-state index contributed by atoms with van der Waals surface area (Å²) in [5.74, 6) is 0.653. The first-order valence-electron chi connectivity index (χ1n) is 4.35. The van der Waals surface area contributed by atoms with Crippen LogP contribution >= 0.6 is 45.8 Å². The van der Waals surface area contributed by atoms with Gasteiger partial charge in [0.05, 0.1) is 5.69 Å². The van der Waals surface area contributed by atoms with E-state index in [9.17, 15) is 0 Å². The van der Waals surface area contributed by atoms with Crippen LogP contribution in [0.15, 0.2) is 30.6 Å². The highest BCUT2D eigenvalue weighted by Crippen LogP contribution is 2.25. The Balaban J connectivity index is 2.27. The average molecular weight is 366 g/mol. The number of rotatable bonds is 2. The Morgan fingerprint density at radius 3 is 2.62 bits per heavy atom. The second-order valence-corrected chi connectivity index (χ2v) is 4.96. The maximum absolute atomic E-state index is 5.87. The van der Waals surface area contributed by atoms with Gasteiger partial charge in [-0.15, -0.1) is 0 Å². The monoisotopic (exact) mass is 365 g/mol. The molecule has 1 aromatic heterocycles. The van der Waals surface area contributed by atoms with Crippen LogP contribution < -0.4 is 5.32 Å². The van der Waals surface area contributed by atoms with Crippen molar-refractivity contribution in [2.45, 2.75) is 0 Å². The zero-order valence-electron chi connectivity index (χ0n) is 7.92. The Labute approximate surface area is 116 Å². The molecule has 0 unspecified atom stereocenters. The first kappa shape index (κ1) is 11.9. The van der Waals surface area contributed by atoms with Crippen LogP contribution in [0.2, 0.25) is 10.2 Å². The predicted molar refractivity (Wildman–Crippen MR) is 74.5 cm³/mol. The van der Waals surface area contributed by atoms with Gasteiger partial charge in [-0.25, -0.2) is 9.97 Å². The topological polar surface area (TPSA) is 37.8 Å². The molecule has 0 aliphatic carbocycles. The number of anilines is 2. The third kappa shape index (κ3) is 2.96. The van der Waals surface area contributed by atoms with Crippen molar-refractivity contribution in [3.05, 3.63) is 44.3 Å². The van der Waals surface area contributed by atoms with E-state index in [2.05, 4.69) is 37.9 Å². The average Bonchev–Trinajstić information content (AvgIpc) is 2.22. The molecule has 0 fully saturated rings. The van der Waals surface area contributed by atoms with Crippen LogP contribution in [0.25, 0.3) is 0 Å². The summed E-state index contributed by atoms with van der Waals surface area (Å²) in [7, 11) is 0. The smallest absolute Gasteiger partial charge is 0.135 e. The highest BCUT2D eigenvalue weighted by molar-refractivity contribution is 14.1. The SMILES string of the molecule is Clc1ccc(Nc2cc(Cl)ncn2)c(I)c1. The molecule has 0 aliphatic rings. The van der Waals surface area contributed by atoms with E-state index in [4.69, 9.17) is 23.2 Å². The Morgan fingerprint density at radius 2 is 1.94 bits per heavy atom. The highest BCUT2D eigenvalue weighted by atomic mass is 127. The summed E-state index contributed by atoms with van der Waals surface area (Å²) in [4.78, 5) is 7.86. The van der Waals surface area contributed by atoms with Crippen molar-refractivity contribution in [1.29, 1.82) is 0 Å². The molecule has 1 heterocycles. The van der Waals surface area contributed by atoms with Crippen molar-refractivity contribution in [1.82, 2.24) is 9.97 Å². The molecule has 16 heavy (non-hydrogen) atoms. The van der Waals surface area contributed by atoms with Crippen LogP contribution in [0.3, 0.4) is 0 Å². The lowest BCUT2D eigenvalue weighted by Crippen LogP contribution is -1.96. The van der Waals surface area contributed by atoms with Crippen LogP contribution in [-0.4, -0.2) is 9.97 Å². The minimum absolute atomic E-state index is 0.404. The first-order chi connectivity index (χ1) is 7.65. The van der Waals surface area contributed by atoms with Crippen molar-refractivity contribution in [2.75, 3.05) is 5.32 Å². The van der Waals surface area contributed by atoms with E-state index in [0.717, 1.165) is 9.26 Å². The van der Waals surface area contributed by atoms with Crippen LogP contribution in [0.5, 0.6) is 0 Å². The molecule has 0 radical (unpaired) electrons. The maximum Gasteiger partial charge on any atom is 0.135 e. The molecule has 0 amide bonds. The van der Waals surface area contributed by atoms with Gasteiger partial charge in [-0.1, -0.05) is 23.2 Å². The third-order valence-corrected chi connectivity index (χ3v) is 3.16. The van der Waals surface area contributed by atoms with E-state index >= 15 is 0 Å². The van der Waals surface area contributed by atoms with Gasteiger partial charge in [-0.2, -0.15) is 0 Å². The Morgan fingerprint density at radius 1 is 1.12 bits per heavy atom. The van der Waals surface area contributed by atoms with Crippen molar-refractivity contribution in [2.24, 2.45) is 0 Å². The molecule has 82 valence electrons. The fourth-order valence-corrected chi connectivity index (χ4v) is 2.28. The summed E-state index contributed by atoms with van der Waals surface area (Å²) in [5.41, 5.74) is 0.930. The van der Waals surface area contributed by atoms with E-state index in [-0.39, 0.29) is 0 Å². The summed E-state index contributed by atoms with van der Waals surface area (Å²) >= 11 is 13.8. The molecule has 0 bridgehead atoms. The van der Waals surface area contributed by atoms with Crippen LogP contribution in [0.4, 0.5) is 11.5 Å². The molecule has 3 nitrogen and oxygen atoms in total. The van der Waals surface area contributed by atoms with Gasteiger partial charge >= 0.3 is 0 Å². The first-order valence-corrected chi connectivity index (χ1v) is 6.18. The normalized spacial score (nSPS) is 10.2. The second kappa shape index (κ2) is 5.16. The predicted octanol–water partition coefficient (Wildman–Crippen LogP) is 4.13. The molecule has 0 spiro atoms. The van der Waals surface area contributed by atoms with Gasteiger partial charge in [0.1, 0.15) is 17.3 Å². The van der Waals surface area contributed by atoms with Crippen molar-refractivity contribution < 1.29 is 0 Å². The number of hydrogen-bond donors (Lipinski definition) is 1. The van der Waals surface area contributed by atoms with E-state index in [1.807, 2.05) is 18.2 Å². The Bertz CT molecular complexity index is 519.